The third-order valence-corrected chi connectivity index (χ3v) is 4.16. The van der Waals surface area contributed by atoms with Gasteiger partial charge in [-0.2, -0.15) is 0 Å². The maximum atomic E-state index is 12.2. The zero-order valence-electron chi connectivity index (χ0n) is 12.5. The molecule has 0 aliphatic heterocycles. The van der Waals surface area contributed by atoms with Crippen molar-refractivity contribution >= 4 is 28.3 Å². The van der Waals surface area contributed by atoms with E-state index in [0.717, 1.165) is 24.8 Å². The molecule has 116 valence electrons. The first-order chi connectivity index (χ1) is 10.5. The van der Waals surface area contributed by atoms with Crippen LogP contribution in [0.3, 0.4) is 0 Å². The Hall–Kier alpha value is -1.88. The van der Waals surface area contributed by atoms with Crippen molar-refractivity contribution in [1.29, 1.82) is 0 Å². The number of rotatable bonds is 3. The molecule has 1 N–H and O–H groups in total. The second-order valence-electron chi connectivity index (χ2n) is 5.76. The summed E-state index contributed by atoms with van der Waals surface area (Å²) < 4.78 is 11.0. The summed E-state index contributed by atoms with van der Waals surface area (Å²) in [5.41, 5.74) is 1.56. The molecule has 22 heavy (non-hydrogen) atoms. The smallest absolute Gasteiger partial charge is 0.339 e. The number of nitrogens with one attached hydrogen (secondary N) is 1. The van der Waals surface area contributed by atoms with E-state index in [4.69, 9.17) is 20.8 Å². The van der Waals surface area contributed by atoms with Gasteiger partial charge in [0, 0.05) is 21.0 Å². The van der Waals surface area contributed by atoms with Crippen LogP contribution >= 0.6 is 11.6 Å². The van der Waals surface area contributed by atoms with Crippen molar-refractivity contribution in [3.05, 3.63) is 37.5 Å². The minimum atomic E-state index is -0.378. The molecule has 1 heterocycles. The molecule has 1 aromatic carbocycles. The van der Waals surface area contributed by atoms with Gasteiger partial charge in [-0.15, -0.1) is 0 Å². The van der Waals surface area contributed by atoms with Crippen LogP contribution in [0.1, 0.15) is 37.8 Å². The van der Waals surface area contributed by atoms with Crippen LogP contribution in [-0.4, -0.2) is 6.10 Å². The average Bonchev–Trinajstić information content (AvgIpc) is 2.49. The van der Waals surface area contributed by atoms with Crippen molar-refractivity contribution in [2.45, 2.75) is 45.6 Å². The van der Waals surface area contributed by atoms with Gasteiger partial charge in [-0.1, -0.05) is 11.6 Å². The van der Waals surface area contributed by atoms with E-state index in [1.807, 2.05) is 19.0 Å². The molecule has 0 radical (unpaired) electrons. The summed E-state index contributed by atoms with van der Waals surface area (Å²) in [6, 6.07) is 1.72. The van der Waals surface area contributed by atoms with Crippen LogP contribution < -0.4 is 15.5 Å². The van der Waals surface area contributed by atoms with Crippen LogP contribution in [0.25, 0.3) is 11.0 Å². The standard InChI is InChI=1S/C16H16ClNO4/c1-8(2)21-15-12(17)7-11-9-5-3-4-6-10(9)16(19)22-14(11)13(15)18-20/h7-8H,3-6H2,1-2H3/p+1. The van der Waals surface area contributed by atoms with Gasteiger partial charge in [-0.05, 0) is 51.2 Å². The highest BCUT2D eigenvalue weighted by Gasteiger charge is 2.27. The highest BCUT2D eigenvalue weighted by atomic mass is 35.5. The molecule has 0 bridgehead atoms. The fourth-order valence-corrected chi connectivity index (χ4v) is 3.22. The van der Waals surface area contributed by atoms with Gasteiger partial charge in [0.15, 0.2) is 0 Å². The fraction of sp³-hybridized carbons (Fsp3) is 0.438. The molecule has 6 heteroatoms. The minimum Gasteiger partial charge on any atom is -0.483 e. The van der Waals surface area contributed by atoms with Crippen LogP contribution in [0.15, 0.2) is 15.3 Å². The topological polar surface area (TPSA) is 70.5 Å². The Morgan fingerprint density at radius 2 is 1.95 bits per heavy atom. The van der Waals surface area contributed by atoms with Crippen molar-refractivity contribution in [2.75, 3.05) is 0 Å². The van der Waals surface area contributed by atoms with Gasteiger partial charge in [0.05, 0.1) is 11.1 Å². The quantitative estimate of drug-likeness (QED) is 0.882. The predicted octanol–water partition coefficient (Wildman–Crippen LogP) is 2.59. The molecule has 0 spiro atoms. The van der Waals surface area contributed by atoms with Crippen LogP contribution in [0.5, 0.6) is 5.75 Å². The zero-order valence-corrected chi connectivity index (χ0v) is 13.3. The Morgan fingerprint density at radius 1 is 1.27 bits per heavy atom. The molecule has 0 atom stereocenters. The maximum absolute atomic E-state index is 12.2. The number of aryl methyl sites for hydroxylation is 1. The van der Waals surface area contributed by atoms with E-state index in [1.54, 1.807) is 6.07 Å². The molecule has 0 saturated carbocycles. The molecule has 1 aromatic heterocycles. The molecule has 0 fully saturated rings. The highest BCUT2D eigenvalue weighted by molar-refractivity contribution is 6.33. The lowest BCUT2D eigenvalue weighted by Crippen LogP contribution is -2.56. The number of hydrogen-bond acceptors (Lipinski definition) is 4. The molecule has 0 saturated heterocycles. The Morgan fingerprint density at radius 3 is 2.59 bits per heavy atom. The molecule has 1 aliphatic carbocycles. The van der Waals surface area contributed by atoms with Crippen molar-refractivity contribution < 1.29 is 14.3 Å². The molecule has 1 aliphatic rings. The Labute approximate surface area is 132 Å². The van der Waals surface area contributed by atoms with Gasteiger partial charge in [-0.25, -0.2) is 4.79 Å². The summed E-state index contributed by atoms with van der Waals surface area (Å²) in [7, 11) is 0. The SMILES string of the molecule is CC(C)Oc1c(Cl)cc2c3c(c(=O)oc2c1[NH+]=O)CCCC3. The van der Waals surface area contributed by atoms with Gasteiger partial charge >= 0.3 is 11.3 Å². The molecule has 0 amide bonds. The van der Waals surface area contributed by atoms with Crippen LogP contribution in [-0.2, 0) is 12.8 Å². The van der Waals surface area contributed by atoms with Crippen molar-refractivity contribution in [3.63, 3.8) is 0 Å². The number of fused-ring (bicyclic) bond motifs is 3. The van der Waals surface area contributed by atoms with E-state index in [2.05, 4.69) is 0 Å². The first kappa shape index (κ1) is 15.0. The molecular weight excluding hydrogens is 306 g/mol. The fourth-order valence-electron chi connectivity index (χ4n) is 2.97. The first-order valence-corrected chi connectivity index (χ1v) is 7.76. The van der Waals surface area contributed by atoms with E-state index in [0.29, 0.717) is 22.4 Å². The summed E-state index contributed by atoms with van der Waals surface area (Å²) in [6.07, 6.45) is 3.31. The molecule has 0 unspecified atom stereocenters. The maximum Gasteiger partial charge on any atom is 0.339 e. The van der Waals surface area contributed by atoms with E-state index in [-0.39, 0.29) is 28.7 Å². The lowest BCUT2D eigenvalue weighted by molar-refractivity contribution is -0.379. The summed E-state index contributed by atoms with van der Waals surface area (Å²) in [5.74, 6) is 0.220. The van der Waals surface area contributed by atoms with Crippen LogP contribution in [0.2, 0.25) is 5.02 Å². The third-order valence-electron chi connectivity index (χ3n) is 3.88. The summed E-state index contributed by atoms with van der Waals surface area (Å²) in [5, 5.41) is 2.88. The molecule has 5 nitrogen and oxygen atoms in total. The number of halogens is 1. The minimum absolute atomic E-state index is 0.0849. The van der Waals surface area contributed by atoms with Gasteiger partial charge < -0.3 is 9.15 Å². The van der Waals surface area contributed by atoms with Gasteiger partial charge in [-0.3, -0.25) is 0 Å². The summed E-state index contributed by atoms with van der Waals surface area (Å²) in [6.45, 7) is 3.66. The van der Waals surface area contributed by atoms with Gasteiger partial charge in [0.25, 0.3) is 0 Å². The Kier molecular flexibility index (Phi) is 3.91. The number of nitroso groups, excluding NO2 is 1. The zero-order chi connectivity index (χ0) is 15.9. The number of benzene rings is 1. The lowest BCUT2D eigenvalue weighted by atomic mass is 9.90. The summed E-state index contributed by atoms with van der Waals surface area (Å²) in [4.78, 5) is 23.6. The van der Waals surface area contributed by atoms with E-state index >= 15 is 0 Å². The van der Waals surface area contributed by atoms with Gasteiger partial charge in [0.1, 0.15) is 0 Å². The average molecular weight is 323 g/mol. The van der Waals surface area contributed by atoms with Crippen molar-refractivity contribution in [3.8, 4) is 5.75 Å². The van der Waals surface area contributed by atoms with Crippen LogP contribution in [0.4, 0.5) is 5.69 Å². The number of hydrogen-bond donors (Lipinski definition) is 1. The third kappa shape index (κ3) is 2.39. The van der Waals surface area contributed by atoms with Crippen LogP contribution in [0, 0.1) is 4.91 Å². The van der Waals surface area contributed by atoms with Crippen molar-refractivity contribution in [2.24, 2.45) is 0 Å². The normalized spacial score (nSPS) is 14.2. The van der Waals surface area contributed by atoms with Crippen molar-refractivity contribution in [1.82, 2.24) is 0 Å². The second kappa shape index (κ2) is 5.72. The Bertz CT molecular complexity index is 810. The Balaban J connectivity index is 2.38. The molecule has 3 rings (SSSR count). The summed E-state index contributed by atoms with van der Waals surface area (Å²) >= 11 is 6.29. The largest absolute Gasteiger partial charge is 0.483 e. The number of ether oxygens (including phenoxy) is 1. The molecular formula is C16H17ClNO4+. The van der Waals surface area contributed by atoms with E-state index < -0.39 is 0 Å². The lowest BCUT2D eigenvalue weighted by Gasteiger charge is -2.17. The monoisotopic (exact) mass is 322 g/mol. The predicted molar refractivity (Wildman–Crippen MR) is 83.9 cm³/mol. The highest BCUT2D eigenvalue weighted by Crippen LogP contribution is 2.39. The van der Waals surface area contributed by atoms with Gasteiger partial charge in [0.2, 0.25) is 11.3 Å². The second-order valence-corrected chi connectivity index (χ2v) is 6.17. The van der Waals surface area contributed by atoms with E-state index in [9.17, 15) is 9.70 Å². The molecule has 2 aromatic rings. The first-order valence-electron chi connectivity index (χ1n) is 7.38. The van der Waals surface area contributed by atoms with E-state index in [1.165, 1.54) is 0 Å².